The average Bonchev–Trinajstić information content (AvgIpc) is 3.29. The van der Waals surface area contributed by atoms with Gasteiger partial charge in [-0.25, -0.2) is 13.1 Å². The molecule has 25 heavy (non-hydrogen) atoms. The predicted octanol–water partition coefficient (Wildman–Crippen LogP) is 0.558. The molecule has 7 nitrogen and oxygen atoms in total. The van der Waals surface area contributed by atoms with Crippen molar-refractivity contribution in [3.05, 3.63) is 54.4 Å². The zero-order valence-electron chi connectivity index (χ0n) is 13.8. The van der Waals surface area contributed by atoms with Crippen LogP contribution < -0.4 is 15.4 Å². The Morgan fingerprint density at radius 1 is 1.20 bits per heavy atom. The third kappa shape index (κ3) is 4.68. The van der Waals surface area contributed by atoms with Gasteiger partial charge < -0.3 is 15.2 Å². The zero-order chi connectivity index (χ0) is 17.7. The Kier molecular flexibility index (Phi) is 5.52. The molecule has 1 aromatic heterocycles. The summed E-state index contributed by atoms with van der Waals surface area (Å²) in [5.74, 6) is -0.182. The number of benzene rings is 1. The van der Waals surface area contributed by atoms with E-state index in [1.165, 1.54) is 24.3 Å². The molecular weight excluding hydrogens is 340 g/mol. The Morgan fingerprint density at radius 3 is 2.56 bits per heavy atom. The Bertz CT molecular complexity index is 795. The van der Waals surface area contributed by atoms with Crippen molar-refractivity contribution in [2.24, 2.45) is 0 Å². The first-order chi connectivity index (χ1) is 12.0. The van der Waals surface area contributed by atoms with Crippen LogP contribution >= 0.6 is 0 Å². The van der Waals surface area contributed by atoms with Gasteiger partial charge >= 0.3 is 0 Å². The van der Waals surface area contributed by atoms with E-state index < -0.39 is 10.0 Å². The van der Waals surface area contributed by atoms with Crippen molar-refractivity contribution in [3.63, 3.8) is 0 Å². The Hall–Kier alpha value is -2.16. The van der Waals surface area contributed by atoms with Crippen LogP contribution in [0.2, 0.25) is 0 Å². The molecule has 0 saturated carbocycles. The first-order valence-corrected chi connectivity index (χ1v) is 9.75. The van der Waals surface area contributed by atoms with Gasteiger partial charge in [-0.15, -0.1) is 0 Å². The van der Waals surface area contributed by atoms with E-state index in [9.17, 15) is 13.2 Å². The van der Waals surface area contributed by atoms with E-state index >= 15 is 0 Å². The monoisotopic (exact) mass is 362 g/mol. The zero-order valence-corrected chi connectivity index (χ0v) is 14.6. The molecule has 1 aromatic carbocycles. The Balaban J connectivity index is 1.57. The van der Waals surface area contributed by atoms with Gasteiger partial charge in [0.1, 0.15) is 0 Å². The molecule has 0 unspecified atom stereocenters. The second-order valence-electron chi connectivity index (χ2n) is 6.01. The van der Waals surface area contributed by atoms with Gasteiger partial charge in [0.25, 0.3) is 5.91 Å². The summed E-state index contributed by atoms with van der Waals surface area (Å²) in [5, 5.41) is 6.12. The van der Waals surface area contributed by atoms with E-state index in [0.29, 0.717) is 18.7 Å². The molecule has 1 aliphatic rings. The van der Waals surface area contributed by atoms with Gasteiger partial charge in [0.2, 0.25) is 10.0 Å². The molecule has 0 aliphatic carbocycles. The van der Waals surface area contributed by atoms with Crippen molar-refractivity contribution in [1.29, 1.82) is 0 Å². The number of aromatic nitrogens is 1. The largest absolute Gasteiger partial charge is 0.353 e. The highest BCUT2D eigenvalue weighted by Gasteiger charge is 2.18. The van der Waals surface area contributed by atoms with Crippen molar-refractivity contribution in [2.45, 2.75) is 23.9 Å². The third-order valence-corrected chi connectivity index (χ3v) is 5.63. The minimum Gasteiger partial charge on any atom is -0.353 e. The van der Waals surface area contributed by atoms with Crippen LogP contribution in [0.4, 0.5) is 0 Å². The number of nitrogens with one attached hydrogen (secondary N) is 3. The van der Waals surface area contributed by atoms with E-state index in [1.807, 2.05) is 29.1 Å². The summed E-state index contributed by atoms with van der Waals surface area (Å²) in [4.78, 5) is 12.3. The van der Waals surface area contributed by atoms with Crippen molar-refractivity contribution >= 4 is 15.9 Å². The molecule has 8 heteroatoms. The van der Waals surface area contributed by atoms with E-state index in [-0.39, 0.29) is 16.8 Å². The average molecular weight is 362 g/mol. The van der Waals surface area contributed by atoms with Crippen molar-refractivity contribution in [1.82, 2.24) is 19.9 Å². The maximum atomic E-state index is 12.3. The summed E-state index contributed by atoms with van der Waals surface area (Å²) in [6.45, 7) is 2.52. The molecule has 1 amide bonds. The van der Waals surface area contributed by atoms with E-state index in [4.69, 9.17) is 0 Å². The van der Waals surface area contributed by atoms with Crippen molar-refractivity contribution in [2.75, 3.05) is 19.6 Å². The van der Waals surface area contributed by atoms with Crippen LogP contribution in [0.3, 0.4) is 0 Å². The fourth-order valence-corrected chi connectivity index (χ4v) is 3.76. The fraction of sp³-hybridized carbons (Fsp3) is 0.353. The highest BCUT2D eigenvalue weighted by atomic mass is 32.2. The lowest BCUT2D eigenvalue weighted by molar-refractivity contribution is 0.0940. The van der Waals surface area contributed by atoms with Crippen LogP contribution in [0.1, 0.15) is 16.8 Å². The molecule has 3 rings (SSSR count). The first kappa shape index (κ1) is 17.7. The molecule has 0 radical (unpaired) electrons. The van der Waals surface area contributed by atoms with Crippen LogP contribution in [0.15, 0.2) is 53.7 Å². The number of carbonyl (C=O) groups is 1. The molecule has 0 bridgehead atoms. The lowest BCUT2D eigenvalue weighted by Gasteiger charge is -2.12. The summed E-state index contributed by atoms with van der Waals surface area (Å²) in [7, 11) is -3.58. The lowest BCUT2D eigenvalue weighted by Crippen LogP contribution is -2.36. The number of carbonyl (C=O) groups excluding carboxylic acids is 1. The summed E-state index contributed by atoms with van der Waals surface area (Å²) in [6.07, 6.45) is 4.66. The van der Waals surface area contributed by atoms with Gasteiger partial charge in [-0.05, 0) is 49.4 Å². The van der Waals surface area contributed by atoms with Gasteiger partial charge in [0, 0.05) is 43.6 Å². The second kappa shape index (κ2) is 7.81. The van der Waals surface area contributed by atoms with Crippen molar-refractivity contribution in [3.8, 4) is 0 Å². The maximum Gasteiger partial charge on any atom is 0.251 e. The SMILES string of the molecule is O=C(N[C@@H]1CCNC1)c1ccc(S(=O)(=O)NCCn2cccc2)cc1. The normalized spacial score (nSPS) is 17.5. The molecule has 1 aliphatic heterocycles. The first-order valence-electron chi connectivity index (χ1n) is 8.27. The number of nitrogens with zero attached hydrogens (tertiary/aromatic N) is 1. The van der Waals surface area contributed by atoms with Gasteiger partial charge in [-0.1, -0.05) is 0 Å². The van der Waals surface area contributed by atoms with Crippen LogP contribution in [0.5, 0.6) is 0 Å². The molecule has 1 atom stereocenters. The summed E-state index contributed by atoms with van der Waals surface area (Å²) in [6, 6.07) is 9.90. The number of hydrogen-bond donors (Lipinski definition) is 3. The highest BCUT2D eigenvalue weighted by Crippen LogP contribution is 2.11. The van der Waals surface area contributed by atoms with Crippen molar-refractivity contribution < 1.29 is 13.2 Å². The van der Waals surface area contributed by atoms with E-state index in [1.54, 1.807) is 0 Å². The molecule has 2 aromatic rings. The maximum absolute atomic E-state index is 12.3. The quantitative estimate of drug-likeness (QED) is 0.671. The molecule has 1 fully saturated rings. The number of amides is 1. The summed E-state index contributed by atoms with van der Waals surface area (Å²) < 4.78 is 29.0. The van der Waals surface area contributed by atoms with Crippen LogP contribution in [0, 0.1) is 0 Å². The van der Waals surface area contributed by atoms with Crippen LogP contribution in [-0.4, -0.2) is 44.6 Å². The van der Waals surface area contributed by atoms with Gasteiger partial charge in [0.15, 0.2) is 0 Å². The lowest BCUT2D eigenvalue weighted by atomic mass is 10.2. The van der Waals surface area contributed by atoms with Gasteiger partial charge in [-0.2, -0.15) is 0 Å². The molecule has 1 saturated heterocycles. The number of rotatable bonds is 7. The molecule has 2 heterocycles. The summed E-state index contributed by atoms with van der Waals surface area (Å²) >= 11 is 0. The third-order valence-electron chi connectivity index (χ3n) is 4.15. The molecule has 134 valence electrons. The van der Waals surface area contributed by atoms with Gasteiger partial charge in [0.05, 0.1) is 4.90 Å². The highest BCUT2D eigenvalue weighted by molar-refractivity contribution is 7.89. The van der Waals surface area contributed by atoms with E-state index in [2.05, 4.69) is 15.4 Å². The van der Waals surface area contributed by atoms with E-state index in [0.717, 1.165) is 19.5 Å². The number of hydrogen-bond acceptors (Lipinski definition) is 4. The second-order valence-corrected chi connectivity index (χ2v) is 7.77. The molecule has 0 spiro atoms. The molecule has 3 N–H and O–H groups in total. The molecular formula is C17H22N4O3S. The minimum absolute atomic E-state index is 0.131. The minimum atomic E-state index is -3.58. The Labute approximate surface area is 147 Å². The smallest absolute Gasteiger partial charge is 0.251 e. The standard InChI is InChI=1S/C17H22N4O3S/c22-17(20-15-7-8-18-13-15)14-3-5-16(6-4-14)25(23,24)19-9-12-21-10-1-2-11-21/h1-6,10-11,15,18-19H,7-9,12-13H2,(H,20,22)/t15-/m1/s1. The van der Waals surface area contributed by atoms with Gasteiger partial charge in [-0.3, -0.25) is 4.79 Å². The fourth-order valence-electron chi connectivity index (χ4n) is 2.74. The Morgan fingerprint density at radius 2 is 1.92 bits per heavy atom. The summed E-state index contributed by atoms with van der Waals surface area (Å²) in [5.41, 5.74) is 0.457. The predicted molar refractivity (Wildman–Crippen MR) is 94.8 cm³/mol. The van der Waals surface area contributed by atoms with Crippen LogP contribution in [-0.2, 0) is 16.6 Å². The number of sulfonamides is 1. The topological polar surface area (TPSA) is 92.2 Å². The van der Waals surface area contributed by atoms with Crippen LogP contribution in [0.25, 0.3) is 0 Å².